The van der Waals surface area contributed by atoms with Gasteiger partial charge in [0, 0.05) is 24.4 Å². The fraction of sp³-hybridized carbons (Fsp3) is 0.200. The van der Waals surface area contributed by atoms with Gasteiger partial charge in [-0.25, -0.2) is 0 Å². The number of allylic oxidation sites excluding steroid dienone is 1. The van der Waals surface area contributed by atoms with Crippen molar-refractivity contribution < 1.29 is 9.90 Å². The number of hydrogen-bond donors (Lipinski definition) is 1. The van der Waals surface area contributed by atoms with Gasteiger partial charge >= 0.3 is 0 Å². The van der Waals surface area contributed by atoms with E-state index in [1.54, 1.807) is 6.92 Å². The molecule has 1 aromatic heterocycles. The number of carbonyl (C=O) groups is 1. The summed E-state index contributed by atoms with van der Waals surface area (Å²) in [6, 6.07) is 2.98. The Labute approximate surface area is 86.4 Å². The van der Waals surface area contributed by atoms with Crippen molar-refractivity contribution in [1.29, 1.82) is 0 Å². The molecule has 5 heteroatoms. The van der Waals surface area contributed by atoms with E-state index in [-0.39, 0.29) is 6.42 Å². The van der Waals surface area contributed by atoms with Crippen LogP contribution in [0.1, 0.15) is 18.9 Å². The number of rotatable bonds is 4. The van der Waals surface area contributed by atoms with E-state index in [2.05, 4.69) is 10.2 Å². The Morgan fingerprint density at radius 3 is 2.53 bits per heavy atom. The lowest BCUT2D eigenvalue weighted by molar-refractivity contribution is -0.115. The Morgan fingerprint density at radius 2 is 2.07 bits per heavy atom. The standard InChI is InChI=1S/C10H10N2O3/c1-2-8(13)9(12-15)10(14)7-3-5-11-6-4-7/h3-6,14H,2H2,1H3. The van der Waals surface area contributed by atoms with E-state index in [1.807, 2.05) is 0 Å². The van der Waals surface area contributed by atoms with Gasteiger partial charge in [0.25, 0.3) is 0 Å². The summed E-state index contributed by atoms with van der Waals surface area (Å²) in [6.07, 6.45) is 3.02. The molecule has 0 bridgehead atoms. The van der Waals surface area contributed by atoms with Crippen LogP contribution in [-0.4, -0.2) is 15.9 Å². The zero-order valence-electron chi connectivity index (χ0n) is 8.17. The largest absolute Gasteiger partial charge is 0.505 e. The molecule has 0 spiro atoms. The number of nitroso groups, excluding NO2 is 1. The van der Waals surface area contributed by atoms with Crippen molar-refractivity contribution in [3.05, 3.63) is 40.7 Å². The van der Waals surface area contributed by atoms with Crippen molar-refractivity contribution in [3.63, 3.8) is 0 Å². The highest BCUT2D eigenvalue weighted by atomic mass is 16.3. The summed E-state index contributed by atoms with van der Waals surface area (Å²) in [7, 11) is 0. The van der Waals surface area contributed by atoms with Crippen molar-refractivity contribution >= 4 is 11.5 Å². The van der Waals surface area contributed by atoms with Crippen LogP contribution < -0.4 is 0 Å². The molecule has 1 rings (SSSR count). The number of hydrogen-bond acceptors (Lipinski definition) is 5. The van der Waals surface area contributed by atoms with E-state index in [9.17, 15) is 14.8 Å². The van der Waals surface area contributed by atoms with E-state index >= 15 is 0 Å². The minimum Gasteiger partial charge on any atom is -0.505 e. The molecule has 0 aliphatic heterocycles. The van der Waals surface area contributed by atoms with Crippen LogP contribution in [0, 0.1) is 4.91 Å². The molecule has 78 valence electrons. The first kappa shape index (κ1) is 11.0. The minimum atomic E-state index is -0.487. The molecular formula is C10H10N2O3. The van der Waals surface area contributed by atoms with Crippen LogP contribution in [0.25, 0.3) is 5.76 Å². The normalized spacial score (nSPS) is 11.8. The third-order valence-corrected chi connectivity index (χ3v) is 1.85. The van der Waals surface area contributed by atoms with Crippen LogP contribution in [0.2, 0.25) is 0 Å². The maximum Gasteiger partial charge on any atom is 0.192 e. The zero-order chi connectivity index (χ0) is 11.3. The molecule has 0 saturated heterocycles. The monoisotopic (exact) mass is 206 g/mol. The molecule has 1 aromatic rings. The first-order valence-electron chi connectivity index (χ1n) is 4.40. The molecule has 0 saturated carbocycles. The fourth-order valence-electron chi connectivity index (χ4n) is 1.04. The minimum absolute atomic E-state index is 0.121. The Morgan fingerprint density at radius 1 is 1.47 bits per heavy atom. The number of pyridine rings is 1. The molecule has 1 N–H and O–H groups in total. The van der Waals surface area contributed by atoms with E-state index in [0.717, 1.165) is 0 Å². The third kappa shape index (κ3) is 2.46. The molecule has 0 amide bonds. The van der Waals surface area contributed by atoms with E-state index in [1.165, 1.54) is 24.5 Å². The SMILES string of the molecule is CCC(=O)C(N=O)=C(O)c1ccncc1. The molecule has 5 nitrogen and oxygen atoms in total. The van der Waals surface area contributed by atoms with Crippen LogP contribution in [0.15, 0.2) is 35.4 Å². The topological polar surface area (TPSA) is 79.6 Å². The number of ketones is 1. The van der Waals surface area contributed by atoms with Crippen LogP contribution in [0.3, 0.4) is 0 Å². The molecular weight excluding hydrogens is 196 g/mol. The second-order valence-electron chi connectivity index (χ2n) is 2.80. The average molecular weight is 206 g/mol. The molecule has 0 unspecified atom stereocenters. The Bertz CT molecular complexity index is 398. The highest BCUT2D eigenvalue weighted by molar-refractivity contribution is 6.00. The molecule has 1 heterocycles. The Balaban J connectivity index is 3.18. The van der Waals surface area contributed by atoms with Crippen LogP contribution in [0.4, 0.5) is 0 Å². The molecule has 0 aliphatic rings. The summed E-state index contributed by atoms with van der Waals surface area (Å²) in [4.78, 5) is 25.4. The fourth-order valence-corrected chi connectivity index (χ4v) is 1.04. The van der Waals surface area contributed by atoms with Gasteiger partial charge in [-0.2, -0.15) is 0 Å². The second-order valence-corrected chi connectivity index (χ2v) is 2.80. The molecule has 15 heavy (non-hydrogen) atoms. The lowest BCUT2D eigenvalue weighted by atomic mass is 10.1. The molecule has 0 fully saturated rings. The third-order valence-electron chi connectivity index (χ3n) is 1.85. The summed E-state index contributed by atoms with van der Waals surface area (Å²) in [6.45, 7) is 1.59. The van der Waals surface area contributed by atoms with E-state index in [4.69, 9.17) is 0 Å². The van der Waals surface area contributed by atoms with Crippen LogP contribution >= 0.6 is 0 Å². The highest BCUT2D eigenvalue weighted by Crippen LogP contribution is 2.17. The van der Waals surface area contributed by atoms with Gasteiger partial charge in [-0.1, -0.05) is 6.92 Å². The van der Waals surface area contributed by atoms with Gasteiger partial charge in [-0.15, -0.1) is 4.91 Å². The number of Topliss-reactive ketones (excluding diaryl/α,β-unsaturated/α-hetero) is 1. The number of aliphatic hydroxyl groups excluding tert-OH is 1. The van der Waals surface area contributed by atoms with Crippen molar-refractivity contribution in [2.45, 2.75) is 13.3 Å². The number of carbonyl (C=O) groups excluding carboxylic acids is 1. The maximum atomic E-state index is 11.2. The quantitative estimate of drug-likeness (QED) is 0.464. The van der Waals surface area contributed by atoms with Crippen molar-refractivity contribution in [3.8, 4) is 0 Å². The molecule has 0 radical (unpaired) electrons. The van der Waals surface area contributed by atoms with Gasteiger partial charge in [0.05, 0.1) is 0 Å². The van der Waals surface area contributed by atoms with E-state index < -0.39 is 17.2 Å². The van der Waals surface area contributed by atoms with Crippen molar-refractivity contribution in [1.82, 2.24) is 4.98 Å². The van der Waals surface area contributed by atoms with Crippen molar-refractivity contribution in [2.75, 3.05) is 0 Å². The predicted octanol–water partition coefficient (Wildman–Crippen LogP) is 2.05. The summed E-state index contributed by atoms with van der Waals surface area (Å²) in [5.41, 5.74) is -0.0925. The molecule has 0 aliphatic carbocycles. The molecule has 0 atom stereocenters. The van der Waals surface area contributed by atoms with Crippen molar-refractivity contribution in [2.24, 2.45) is 5.18 Å². The molecule has 0 aromatic carbocycles. The lowest BCUT2D eigenvalue weighted by Crippen LogP contribution is -2.01. The summed E-state index contributed by atoms with van der Waals surface area (Å²) >= 11 is 0. The maximum absolute atomic E-state index is 11.2. The lowest BCUT2D eigenvalue weighted by Gasteiger charge is -2.01. The van der Waals surface area contributed by atoms with Gasteiger partial charge in [-0.05, 0) is 17.3 Å². The van der Waals surface area contributed by atoms with Gasteiger partial charge in [-0.3, -0.25) is 9.78 Å². The first-order valence-corrected chi connectivity index (χ1v) is 4.40. The Kier molecular flexibility index (Phi) is 3.68. The van der Waals surface area contributed by atoms with Gasteiger partial charge in [0.15, 0.2) is 17.2 Å². The Hall–Kier alpha value is -2.04. The van der Waals surface area contributed by atoms with Crippen LogP contribution in [-0.2, 0) is 4.79 Å². The number of nitrogens with zero attached hydrogens (tertiary/aromatic N) is 2. The second kappa shape index (κ2) is 4.99. The van der Waals surface area contributed by atoms with Crippen LogP contribution in [0.5, 0.6) is 0 Å². The zero-order valence-corrected chi connectivity index (χ0v) is 8.17. The van der Waals surface area contributed by atoms with Gasteiger partial charge in [0.1, 0.15) is 0 Å². The predicted molar refractivity (Wildman–Crippen MR) is 54.9 cm³/mol. The highest BCUT2D eigenvalue weighted by Gasteiger charge is 2.15. The first-order chi connectivity index (χ1) is 7.20. The summed E-state index contributed by atoms with van der Waals surface area (Å²) in [5, 5.41) is 12.2. The average Bonchev–Trinajstić information content (AvgIpc) is 2.30. The van der Waals surface area contributed by atoms with E-state index in [0.29, 0.717) is 5.56 Å². The smallest absolute Gasteiger partial charge is 0.192 e. The van der Waals surface area contributed by atoms with Gasteiger partial charge < -0.3 is 5.11 Å². The van der Waals surface area contributed by atoms with Gasteiger partial charge in [0.2, 0.25) is 0 Å². The summed E-state index contributed by atoms with van der Waals surface area (Å²) < 4.78 is 0. The number of aromatic nitrogens is 1. The number of aliphatic hydroxyl groups is 1. The summed E-state index contributed by atoms with van der Waals surface area (Å²) in [5.74, 6) is -0.890.